The lowest BCUT2D eigenvalue weighted by atomic mass is 10.3. The molecule has 0 unspecified atom stereocenters. The highest BCUT2D eigenvalue weighted by molar-refractivity contribution is 7.17. The molecular weight excluding hydrogens is 168 g/mol. The SMILES string of the molecule is CCc1nc2sc(C)cn2c1C. The molecule has 0 amide bonds. The van der Waals surface area contributed by atoms with Crippen molar-refractivity contribution >= 4 is 16.3 Å². The third-order valence-electron chi connectivity index (χ3n) is 2.11. The largest absolute Gasteiger partial charge is 0.294 e. The topological polar surface area (TPSA) is 17.3 Å². The second kappa shape index (κ2) is 2.59. The molecule has 0 fully saturated rings. The van der Waals surface area contributed by atoms with Gasteiger partial charge in [0.15, 0.2) is 4.96 Å². The van der Waals surface area contributed by atoms with Gasteiger partial charge in [-0.25, -0.2) is 4.98 Å². The van der Waals surface area contributed by atoms with Gasteiger partial charge >= 0.3 is 0 Å². The zero-order chi connectivity index (χ0) is 8.72. The second-order valence-corrected chi connectivity index (χ2v) is 4.21. The molecular formula is C9H12N2S. The first kappa shape index (κ1) is 7.80. The predicted molar refractivity (Wildman–Crippen MR) is 51.9 cm³/mol. The summed E-state index contributed by atoms with van der Waals surface area (Å²) in [7, 11) is 0. The molecule has 2 nitrogen and oxygen atoms in total. The first-order chi connectivity index (χ1) is 5.72. The molecule has 0 N–H and O–H groups in total. The Morgan fingerprint density at radius 1 is 1.50 bits per heavy atom. The average molecular weight is 180 g/mol. The lowest BCUT2D eigenvalue weighted by molar-refractivity contribution is 1.02. The van der Waals surface area contributed by atoms with Crippen LogP contribution in [-0.2, 0) is 6.42 Å². The summed E-state index contributed by atoms with van der Waals surface area (Å²) in [6.45, 7) is 6.39. The van der Waals surface area contributed by atoms with Crippen molar-refractivity contribution in [2.45, 2.75) is 27.2 Å². The molecule has 0 aliphatic rings. The van der Waals surface area contributed by atoms with Gasteiger partial charge in [0.05, 0.1) is 5.69 Å². The van der Waals surface area contributed by atoms with Crippen LogP contribution < -0.4 is 0 Å². The molecule has 0 atom stereocenters. The van der Waals surface area contributed by atoms with Crippen LogP contribution in [0.4, 0.5) is 0 Å². The van der Waals surface area contributed by atoms with Gasteiger partial charge in [0.1, 0.15) is 0 Å². The van der Waals surface area contributed by atoms with Gasteiger partial charge in [-0.2, -0.15) is 0 Å². The van der Waals surface area contributed by atoms with Gasteiger partial charge in [0.25, 0.3) is 0 Å². The minimum Gasteiger partial charge on any atom is -0.294 e. The molecule has 0 aliphatic heterocycles. The summed E-state index contributed by atoms with van der Waals surface area (Å²) >= 11 is 1.75. The highest BCUT2D eigenvalue weighted by Gasteiger charge is 2.07. The number of aromatic nitrogens is 2. The second-order valence-electron chi connectivity index (χ2n) is 2.99. The molecule has 0 spiro atoms. The van der Waals surface area contributed by atoms with Gasteiger partial charge in [-0.15, -0.1) is 11.3 Å². The van der Waals surface area contributed by atoms with E-state index >= 15 is 0 Å². The van der Waals surface area contributed by atoms with Crippen molar-refractivity contribution < 1.29 is 0 Å². The van der Waals surface area contributed by atoms with E-state index in [1.165, 1.54) is 16.3 Å². The molecule has 64 valence electrons. The number of fused-ring (bicyclic) bond motifs is 1. The summed E-state index contributed by atoms with van der Waals surface area (Å²) in [5, 5.41) is 0. The maximum absolute atomic E-state index is 4.53. The number of hydrogen-bond acceptors (Lipinski definition) is 2. The zero-order valence-corrected chi connectivity index (χ0v) is 8.40. The molecule has 2 aromatic rings. The van der Waals surface area contributed by atoms with Crippen LogP contribution in [0.15, 0.2) is 6.20 Å². The van der Waals surface area contributed by atoms with E-state index < -0.39 is 0 Å². The molecule has 0 radical (unpaired) electrons. The third-order valence-corrected chi connectivity index (χ3v) is 3.01. The summed E-state index contributed by atoms with van der Waals surface area (Å²) in [5.41, 5.74) is 2.51. The van der Waals surface area contributed by atoms with E-state index in [4.69, 9.17) is 0 Å². The standard InChI is InChI=1S/C9H12N2S/c1-4-8-7(3)11-5-6(2)12-9(11)10-8/h5H,4H2,1-3H3. The van der Waals surface area contributed by atoms with Crippen molar-refractivity contribution in [2.75, 3.05) is 0 Å². The fourth-order valence-electron chi connectivity index (χ4n) is 1.44. The van der Waals surface area contributed by atoms with Crippen molar-refractivity contribution in [3.8, 4) is 0 Å². The van der Waals surface area contributed by atoms with Gasteiger partial charge in [0, 0.05) is 16.8 Å². The van der Waals surface area contributed by atoms with Crippen LogP contribution in [0.25, 0.3) is 4.96 Å². The molecule has 2 rings (SSSR count). The third kappa shape index (κ3) is 0.966. The Bertz CT molecular complexity index is 411. The quantitative estimate of drug-likeness (QED) is 0.659. The molecule has 2 heterocycles. The van der Waals surface area contributed by atoms with Gasteiger partial charge in [0.2, 0.25) is 0 Å². The summed E-state index contributed by atoms with van der Waals surface area (Å²) < 4.78 is 2.18. The Hall–Kier alpha value is -0.830. The van der Waals surface area contributed by atoms with Crippen LogP contribution >= 0.6 is 11.3 Å². The number of imidazole rings is 1. The number of thiazole rings is 1. The summed E-state index contributed by atoms with van der Waals surface area (Å²) in [4.78, 5) is 6.98. The summed E-state index contributed by atoms with van der Waals surface area (Å²) in [6, 6.07) is 0. The molecule has 0 saturated heterocycles. The fraction of sp³-hybridized carbons (Fsp3) is 0.444. The predicted octanol–water partition coefficient (Wildman–Crippen LogP) is 2.58. The lowest BCUT2D eigenvalue weighted by Gasteiger charge is -1.91. The van der Waals surface area contributed by atoms with E-state index in [0.29, 0.717) is 0 Å². The van der Waals surface area contributed by atoms with Gasteiger partial charge < -0.3 is 0 Å². The summed E-state index contributed by atoms with van der Waals surface area (Å²) in [5.74, 6) is 0. The smallest absolute Gasteiger partial charge is 0.194 e. The van der Waals surface area contributed by atoms with Crippen molar-refractivity contribution in [1.29, 1.82) is 0 Å². The van der Waals surface area contributed by atoms with Crippen LogP contribution in [0, 0.1) is 13.8 Å². The Morgan fingerprint density at radius 3 is 2.83 bits per heavy atom. The van der Waals surface area contributed by atoms with Crippen LogP contribution in [0.1, 0.15) is 23.2 Å². The minimum atomic E-state index is 1.03. The minimum absolute atomic E-state index is 1.03. The van der Waals surface area contributed by atoms with E-state index in [-0.39, 0.29) is 0 Å². The molecule has 0 aliphatic carbocycles. The highest BCUT2D eigenvalue weighted by atomic mass is 32.1. The van der Waals surface area contributed by atoms with Gasteiger partial charge in [-0.3, -0.25) is 4.40 Å². The van der Waals surface area contributed by atoms with Crippen molar-refractivity contribution in [3.63, 3.8) is 0 Å². The van der Waals surface area contributed by atoms with Crippen LogP contribution in [0.2, 0.25) is 0 Å². The van der Waals surface area contributed by atoms with Crippen molar-refractivity contribution in [2.24, 2.45) is 0 Å². The van der Waals surface area contributed by atoms with Gasteiger partial charge in [-0.1, -0.05) is 6.92 Å². The fourth-order valence-corrected chi connectivity index (χ4v) is 2.33. The molecule has 0 saturated carbocycles. The first-order valence-corrected chi connectivity index (χ1v) is 4.98. The molecule has 0 aromatic carbocycles. The number of aryl methyl sites for hydroxylation is 3. The number of hydrogen-bond donors (Lipinski definition) is 0. The molecule has 2 aromatic heterocycles. The van der Waals surface area contributed by atoms with Crippen LogP contribution in [0.3, 0.4) is 0 Å². The number of nitrogens with zero attached hydrogens (tertiary/aromatic N) is 2. The van der Waals surface area contributed by atoms with E-state index in [9.17, 15) is 0 Å². The summed E-state index contributed by atoms with van der Waals surface area (Å²) in [6.07, 6.45) is 3.18. The number of rotatable bonds is 1. The Kier molecular flexibility index (Phi) is 1.68. The van der Waals surface area contributed by atoms with E-state index in [1.807, 2.05) is 0 Å². The highest BCUT2D eigenvalue weighted by Crippen LogP contribution is 2.20. The first-order valence-electron chi connectivity index (χ1n) is 4.16. The Balaban J connectivity index is 2.74. The lowest BCUT2D eigenvalue weighted by Crippen LogP contribution is -1.85. The van der Waals surface area contributed by atoms with Gasteiger partial charge in [-0.05, 0) is 20.3 Å². The molecule has 12 heavy (non-hydrogen) atoms. The normalized spacial score (nSPS) is 11.2. The Labute approximate surface area is 75.9 Å². The van der Waals surface area contributed by atoms with E-state index in [1.54, 1.807) is 11.3 Å². The van der Waals surface area contributed by atoms with Crippen molar-refractivity contribution in [3.05, 3.63) is 22.5 Å². The maximum Gasteiger partial charge on any atom is 0.194 e. The molecule has 3 heteroatoms. The van der Waals surface area contributed by atoms with E-state index in [2.05, 4.69) is 36.4 Å². The van der Waals surface area contributed by atoms with Crippen LogP contribution in [0.5, 0.6) is 0 Å². The molecule has 0 bridgehead atoms. The monoisotopic (exact) mass is 180 g/mol. The Morgan fingerprint density at radius 2 is 2.25 bits per heavy atom. The van der Waals surface area contributed by atoms with E-state index in [0.717, 1.165) is 11.4 Å². The average Bonchev–Trinajstić information content (AvgIpc) is 2.51. The maximum atomic E-state index is 4.53. The zero-order valence-electron chi connectivity index (χ0n) is 7.59. The van der Waals surface area contributed by atoms with Crippen molar-refractivity contribution in [1.82, 2.24) is 9.38 Å². The van der Waals surface area contributed by atoms with Crippen LogP contribution in [-0.4, -0.2) is 9.38 Å².